The van der Waals surface area contributed by atoms with Gasteiger partial charge in [0.1, 0.15) is 0 Å². The Morgan fingerprint density at radius 1 is 1.22 bits per heavy atom. The molecule has 0 saturated heterocycles. The molecule has 0 saturated carbocycles. The van der Waals surface area contributed by atoms with Gasteiger partial charge in [0, 0.05) is 0 Å². The minimum absolute atomic E-state index is 0.0926. The minimum atomic E-state index is 0.0926. The van der Waals surface area contributed by atoms with E-state index in [1.54, 1.807) is 0 Å². The molecule has 1 unspecified atom stereocenters. The van der Waals surface area contributed by atoms with Gasteiger partial charge in [-0.05, 0) is 19.3 Å². The van der Waals surface area contributed by atoms with Crippen LogP contribution in [0.4, 0.5) is 0 Å². The van der Waals surface area contributed by atoms with E-state index in [-0.39, 0.29) is 6.10 Å². The van der Waals surface area contributed by atoms with Gasteiger partial charge in [0.05, 0.1) is 13.2 Å². The van der Waals surface area contributed by atoms with Crippen LogP contribution < -0.4 is 0 Å². The Bertz CT molecular complexity index is 61.9. The lowest BCUT2D eigenvalue weighted by atomic mass is 10.1. The molecule has 0 N–H and O–H groups in total. The molecule has 0 aromatic heterocycles. The van der Waals surface area contributed by atoms with Crippen LogP contribution >= 0.6 is 0 Å². The molecular formula is C7H15O2. The molecular weight excluding hydrogens is 116 g/mol. The van der Waals surface area contributed by atoms with Crippen LogP contribution in [0.25, 0.3) is 0 Å². The van der Waals surface area contributed by atoms with Crippen molar-refractivity contribution in [3.63, 3.8) is 0 Å². The second kappa shape index (κ2) is 4.77. The highest BCUT2D eigenvalue weighted by Crippen LogP contribution is 2.05. The number of hydrogen-bond donors (Lipinski definition) is 0. The van der Waals surface area contributed by atoms with Crippen molar-refractivity contribution in [1.82, 2.24) is 0 Å². The average molecular weight is 131 g/mol. The van der Waals surface area contributed by atoms with Gasteiger partial charge in [-0.25, -0.2) is 9.78 Å². The molecule has 0 aliphatic rings. The molecule has 0 fully saturated rings. The minimum Gasteiger partial charge on any atom is -0.240 e. The highest BCUT2D eigenvalue weighted by Gasteiger charge is 2.04. The predicted molar refractivity (Wildman–Crippen MR) is 36.7 cm³/mol. The maximum Gasteiger partial charge on any atom is 0.0936 e. The number of rotatable bonds is 4. The van der Waals surface area contributed by atoms with Crippen LogP contribution in [-0.2, 0) is 9.78 Å². The molecule has 0 aliphatic carbocycles. The molecule has 1 atom stereocenters. The van der Waals surface area contributed by atoms with Gasteiger partial charge in [-0.15, -0.1) is 0 Å². The van der Waals surface area contributed by atoms with Crippen molar-refractivity contribution in [3.05, 3.63) is 6.42 Å². The molecule has 0 amide bonds. The van der Waals surface area contributed by atoms with Crippen molar-refractivity contribution < 1.29 is 9.78 Å². The topological polar surface area (TPSA) is 18.5 Å². The van der Waals surface area contributed by atoms with Crippen LogP contribution in [0.5, 0.6) is 0 Å². The molecule has 9 heavy (non-hydrogen) atoms. The summed E-state index contributed by atoms with van der Waals surface area (Å²) >= 11 is 0. The Balaban J connectivity index is 3.15. The van der Waals surface area contributed by atoms with Crippen LogP contribution in [0.15, 0.2) is 0 Å². The average Bonchev–Trinajstić information content (AvgIpc) is 1.63. The third-order valence-corrected chi connectivity index (χ3v) is 0.904. The first kappa shape index (κ1) is 8.92. The van der Waals surface area contributed by atoms with Crippen molar-refractivity contribution in [3.8, 4) is 0 Å². The second-order valence-electron chi connectivity index (χ2n) is 2.40. The zero-order valence-corrected chi connectivity index (χ0v) is 6.55. The Hall–Kier alpha value is -0.0800. The van der Waals surface area contributed by atoms with Crippen molar-refractivity contribution in [1.29, 1.82) is 0 Å². The summed E-state index contributed by atoms with van der Waals surface area (Å²) < 4.78 is 0. The van der Waals surface area contributed by atoms with Gasteiger partial charge in [0.25, 0.3) is 0 Å². The van der Waals surface area contributed by atoms with Crippen LogP contribution in [0, 0.1) is 12.3 Å². The molecule has 0 aromatic carbocycles. The fourth-order valence-corrected chi connectivity index (χ4v) is 0.726. The molecule has 2 heteroatoms. The molecule has 55 valence electrons. The van der Waals surface area contributed by atoms with E-state index in [0.29, 0.717) is 5.92 Å². The predicted octanol–water partition coefficient (Wildman–Crippen LogP) is 1.81. The monoisotopic (exact) mass is 131 g/mol. The van der Waals surface area contributed by atoms with E-state index in [1.807, 2.05) is 6.92 Å². The molecule has 0 heterocycles. The smallest absolute Gasteiger partial charge is 0.0936 e. The maximum absolute atomic E-state index is 4.80. The summed E-state index contributed by atoms with van der Waals surface area (Å²) in [6.45, 7) is 6.16. The fraction of sp³-hybridized carbons (Fsp3) is 0.857. The first-order chi connectivity index (χ1) is 4.16. The van der Waals surface area contributed by atoms with Crippen LogP contribution in [0.1, 0.15) is 20.8 Å². The second-order valence-corrected chi connectivity index (χ2v) is 2.40. The summed E-state index contributed by atoms with van der Waals surface area (Å²) in [5.41, 5.74) is 0. The molecule has 0 bridgehead atoms. The summed E-state index contributed by atoms with van der Waals surface area (Å²) in [5, 5.41) is 0. The van der Waals surface area contributed by atoms with E-state index >= 15 is 0 Å². The lowest BCUT2D eigenvalue weighted by molar-refractivity contribution is -0.293. The number of hydrogen-bond acceptors (Lipinski definition) is 2. The highest BCUT2D eigenvalue weighted by atomic mass is 17.2. The summed E-state index contributed by atoms with van der Waals surface area (Å²) in [6.07, 6.45) is 2.17. The first-order valence-electron chi connectivity index (χ1n) is 3.21. The first-order valence-corrected chi connectivity index (χ1v) is 3.21. The van der Waals surface area contributed by atoms with E-state index in [2.05, 4.69) is 25.2 Å². The molecule has 0 aromatic rings. The lowest BCUT2D eigenvalue weighted by Crippen LogP contribution is -2.11. The molecule has 0 aliphatic heterocycles. The molecule has 0 spiro atoms. The third-order valence-electron chi connectivity index (χ3n) is 0.904. The SMILES string of the molecule is COOC(C)[CH]C(C)C. The van der Waals surface area contributed by atoms with E-state index in [0.717, 1.165) is 0 Å². The fourth-order valence-electron chi connectivity index (χ4n) is 0.726. The Morgan fingerprint density at radius 3 is 2.11 bits per heavy atom. The Morgan fingerprint density at radius 2 is 1.78 bits per heavy atom. The van der Waals surface area contributed by atoms with Crippen molar-refractivity contribution >= 4 is 0 Å². The van der Waals surface area contributed by atoms with Crippen molar-refractivity contribution in [2.24, 2.45) is 5.92 Å². The maximum atomic E-state index is 4.80. The summed E-state index contributed by atoms with van der Waals surface area (Å²) in [5.74, 6) is 0.551. The van der Waals surface area contributed by atoms with Gasteiger partial charge < -0.3 is 0 Å². The van der Waals surface area contributed by atoms with Crippen molar-refractivity contribution in [2.45, 2.75) is 26.9 Å². The normalized spacial score (nSPS) is 14.3. The Kier molecular flexibility index (Phi) is 4.72. The van der Waals surface area contributed by atoms with Gasteiger partial charge in [-0.1, -0.05) is 13.8 Å². The van der Waals surface area contributed by atoms with E-state index < -0.39 is 0 Å². The van der Waals surface area contributed by atoms with Crippen LogP contribution in [-0.4, -0.2) is 13.2 Å². The zero-order chi connectivity index (χ0) is 7.28. The van der Waals surface area contributed by atoms with Crippen molar-refractivity contribution in [2.75, 3.05) is 7.11 Å². The van der Waals surface area contributed by atoms with Crippen LogP contribution in [0.2, 0.25) is 0 Å². The Labute approximate surface area is 57.1 Å². The highest BCUT2D eigenvalue weighted by molar-refractivity contribution is 4.74. The van der Waals surface area contributed by atoms with Gasteiger partial charge in [-0.3, -0.25) is 0 Å². The summed E-state index contributed by atoms with van der Waals surface area (Å²) in [6, 6.07) is 0. The standard InChI is InChI=1S/C7H15O2/c1-6(2)5-7(3)9-8-4/h5-7H,1-4H3. The molecule has 2 nitrogen and oxygen atoms in total. The summed E-state index contributed by atoms with van der Waals surface area (Å²) in [7, 11) is 1.52. The van der Waals surface area contributed by atoms with Gasteiger partial charge >= 0.3 is 0 Å². The van der Waals surface area contributed by atoms with Gasteiger partial charge in [0.15, 0.2) is 0 Å². The lowest BCUT2D eigenvalue weighted by Gasteiger charge is -2.10. The molecule has 0 rings (SSSR count). The third kappa shape index (κ3) is 5.80. The quantitative estimate of drug-likeness (QED) is 0.428. The summed E-state index contributed by atoms with van der Waals surface area (Å²) in [4.78, 5) is 9.27. The van der Waals surface area contributed by atoms with Gasteiger partial charge in [-0.2, -0.15) is 0 Å². The van der Waals surface area contributed by atoms with E-state index in [4.69, 9.17) is 4.89 Å². The van der Waals surface area contributed by atoms with Gasteiger partial charge in [0.2, 0.25) is 0 Å². The zero-order valence-electron chi connectivity index (χ0n) is 6.55. The van der Waals surface area contributed by atoms with E-state index in [9.17, 15) is 0 Å². The van der Waals surface area contributed by atoms with E-state index in [1.165, 1.54) is 7.11 Å². The largest absolute Gasteiger partial charge is 0.240 e. The molecule has 1 radical (unpaired) electrons. The van der Waals surface area contributed by atoms with Crippen LogP contribution in [0.3, 0.4) is 0 Å².